The van der Waals surface area contributed by atoms with Crippen LogP contribution in [-0.4, -0.2) is 5.91 Å². The molecule has 3 rings (SSSR count). The van der Waals surface area contributed by atoms with Gasteiger partial charge in [0.25, 0.3) is 0 Å². The van der Waals surface area contributed by atoms with E-state index in [2.05, 4.69) is 48.6 Å². The summed E-state index contributed by atoms with van der Waals surface area (Å²) in [5.74, 6) is -0.0432. The molecule has 0 fully saturated rings. The van der Waals surface area contributed by atoms with Crippen LogP contribution in [0.3, 0.4) is 0 Å². The topological polar surface area (TPSA) is 29.1 Å². The summed E-state index contributed by atoms with van der Waals surface area (Å²) >= 11 is 1.77. The fourth-order valence-corrected chi connectivity index (χ4v) is 3.23. The van der Waals surface area contributed by atoms with E-state index in [1.807, 2.05) is 12.1 Å². The van der Waals surface area contributed by atoms with Gasteiger partial charge in [0.2, 0.25) is 5.91 Å². The number of carbonyl (C=O) groups excluding carboxylic acids is 1. The monoisotopic (exact) mass is 281 g/mol. The summed E-state index contributed by atoms with van der Waals surface area (Å²) in [7, 11) is 0. The number of carbonyl (C=O) groups is 1. The Morgan fingerprint density at radius 2 is 1.80 bits per heavy atom. The molecule has 0 aliphatic rings. The maximum atomic E-state index is 11.1. The summed E-state index contributed by atoms with van der Waals surface area (Å²) in [6.45, 7) is 3.62. The number of rotatable bonds is 2. The largest absolute Gasteiger partial charge is 0.326 e. The molecular weight excluding hydrogens is 266 g/mol. The van der Waals surface area contributed by atoms with Crippen molar-refractivity contribution in [2.45, 2.75) is 13.8 Å². The summed E-state index contributed by atoms with van der Waals surface area (Å²) < 4.78 is 1.23. The highest BCUT2D eigenvalue weighted by molar-refractivity contribution is 7.22. The van der Waals surface area contributed by atoms with Crippen LogP contribution < -0.4 is 5.32 Å². The molecule has 20 heavy (non-hydrogen) atoms. The Labute approximate surface area is 122 Å². The summed E-state index contributed by atoms with van der Waals surface area (Å²) in [5.41, 5.74) is 3.35. The number of hydrogen-bond acceptors (Lipinski definition) is 2. The van der Waals surface area contributed by atoms with Crippen molar-refractivity contribution in [2.24, 2.45) is 0 Å². The molecule has 1 aromatic heterocycles. The fraction of sp³-hybridized carbons (Fsp3) is 0.118. The molecule has 1 N–H and O–H groups in total. The molecule has 0 spiro atoms. The van der Waals surface area contributed by atoms with Gasteiger partial charge in [0.15, 0.2) is 0 Å². The van der Waals surface area contributed by atoms with E-state index in [1.54, 1.807) is 11.3 Å². The van der Waals surface area contributed by atoms with Gasteiger partial charge in [-0.3, -0.25) is 4.79 Å². The lowest BCUT2D eigenvalue weighted by atomic mass is 10.1. The van der Waals surface area contributed by atoms with Gasteiger partial charge in [-0.2, -0.15) is 0 Å². The second-order valence-electron chi connectivity index (χ2n) is 4.91. The van der Waals surface area contributed by atoms with E-state index in [4.69, 9.17) is 0 Å². The van der Waals surface area contributed by atoms with Crippen LogP contribution in [-0.2, 0) is 4.79 Å². The van der Waals surface area contributed by atoms with Crippen molar-refractivity contribution in [3.8, 4) is 10.4 Å². The summed E-state index contributed by atoms with van der Waals surface area (Å²) in [4.78, 5) is 12.3. The van der Waals surface area contributed by atoms with Crippen molar-refractivity contribution in [3.05, 3.63) is 54.1 Å². The predicted molar refractivity (Wildman–Crippen MR) is 86.3 cm³/mol. The van der Waals surface area contributed by atoms with Crippen LogP contribution in [0.2, 0.25) is 0 Å². The number of fused-ring (bicyclic) bond motifs is 1. The van der Waals surface area contributed by atoms with E-state index in [0.717, 1.165) is 11.1 Å². The van der Waals surface area contributed by atoms with Gasteiger partial charge in [-0.1, -0.05) is 29.8 Å². The minimum absolute atomic E-state index is 0.0432. The highest BCUT2D eigenvalue weighted by atomic mass is 32.1. The van der Waals surface area contributed by atoms with Gasteiger partial charge < -0.3 is 5.32 Å². The van der Waals surface area contributed by atoms with Gasteiger partial charge in [-0.25, -0.2) is 0 Å². The zero-order valence-electron chi connectivity index (χ0n) is 11.4. The third-order valence-electron chi connectivity index (χ3n) is 3.17. The van der Waals surface area contributed by atoms with Crippen molar-refractivity contribution in [1.82, 2.24) is 0 Å². The Hall–Kier alpha value is -2.13. The smallest absolute Gasteiger partial charge is 0.221 e. The quantitative estimate of drug-likeness (QED) is 0.716. The van der Waals surface area contributed by atoms with Crippen molar-refractivity contribution in [2.75, 3.05) is 5.32 Å². The standard InChI is InChI=1S/C17H15NOS/c1-11-3-5-13(6-4-11)17-10-14-9-15(18-12(2)19)7-8-16(14)20-17/h3-10H,1-2H3,(H,18,19). The number of amides is 1. The molecule has 2 nitrogen and oxygen atoms in total. The number of aryl methyl sites for hydroxylation is 1. The number of nitrogens with one attached hydrogen (secondary N) is 1. The molecule has 0 bridgehead atoms. The van der Waals surface area contributed by atoms with E-state index >= 15 is 0 Å². The number of hydrogen-bond donors (Lipinski definition) is 1. The predicted octanol–water partition coefficient (Wildman–Crippen LogP) is 4.84. The van der Waals surface area contributed by atoms with Crippen molar-refractivity contribution < 1.29 is 4.79 Å². The summed E-state index contributed by atoms with van der Waals surface area (Å²) in [6.07, 6.45) is 0. The molecule has 3 heteroatoms. The highest BCUT2D eigenvalue weighted by Crippen LogP contribution is 2.34. The normalized spacial score (nSPS) is 10.7. The Bertz CT molecular complexity index is 771. The SMILES string of the molecule is CC(=O)Nc1ccc2sc(-c3ccc(C)cc3)cc2c1. The molecule has 3 aromatic rings. The highest BCUT2D eigenvalue weighted by Gasteiger charge is 2.05. The van der Waals surface area contributed by atoms with Crippen LogP contribution in [0.25, 0.3) is 20.5 Å². The van der Waals surface area contributed by atoms with Crippen LogP contribution in [0.15, 0.2) is 48.5 Å². The maximum Gasteiger partial charge on any atom is 0.221 e. The Morgan fingerprint density at radius 3 is 2.50 bits per heavy atom. The lowest BCUT2D eigenvalue weighted by Crippen LogP contribution is -2.05. The maximum absolute atomic E-state index is 11.1. The first-order valence-corrected chi connectivity index (χ1v) is 7.32. The Kier molecular flexibility index (Phi) is 3.28. The van der Waals surface area contributed by atoms with Crippen LogP contribution in [0, 0.1) is 6.92 Å². The minimum atomic E-state index is -0.0432. The molecule has 0 radical (unpaired) electrons. The molecule has 1 amide bonds. The van der Waals surface area contributed by atoms with Gasteiger partial charge in [0, 0.05) is 22.2 Å². The third-order valence-corrected chi connectivity index (χ3v) is 4.34. The van der Waals surface area contributed by atoms with Crippen LogP contribution in [0.1, 0.15) is 12.5 Å². The molecule has 0 aliphatic heterocycles. The number of thiophene rings is 1. The van der Waals surface area contributed by atoms with Crippen LogP contribution in [0.4, 0.5) is 5.69 Å². The van der Waals surface area contributed by atoms with Crippen molar-refractivity contribution >= 4 is 33.0 Å². The molecule has 0 unspecified atom stereocenters. The number of benzene rings is 2. The van der Waals surface area contributed by atoms with Crippen molar-refractivity contribution in [1.29, 1.82) is 0 Å². The van der Waals surface area contributed by atoms with Gasteiger partial charge >= 0.3 is 0 Å². The van der Waals surface area contributed by atoms with E-state index in [1.165, 1.54) is 27.6 Å². The molecule has 0 atom stereocenters. The third kappa shape index (κ3) is 2.58. The second-order valence-corrected chi connectivity index (χ2v) is 5.99. The van der Waals surface area contributed by atoms with E-state index in [-0.39, 0.29) is 5.91 Å². The molecule has 1 heterocycles. The van der Waals surface area contributed by atoms with Gasteiger partial charge in [0.1, 0.15) is 0 Å². The minimum Gasteiger partial charge on any atom is -0.326 e. The molecule has 0 aliphatic carbocycles. The lowest BCUT2D eigenvalue weighted by molar-refractivity contribution is -0.114. The van der Waals surface area contributed by atoms with Crippen molar-refractivity contribution in [3.63, 3.8) is 0 Å². The first-order valence-electron chi connectivity index (χ1n) is 6.50. The fourth-order valence-electron chi connectivity index (χ4n) is 2.18. The summed E-state index contributed by atoms with van der Waals surface area (Å²) in [6, 6.07) is 16.7. The molecular formula is C17H15NOS. The second kappa shape index (κ2) is 5.10. The molecule has 100 valence electrons. The zero-order valence-corrected chi connectivity index (χ0v) is 12.3. The summed E-state index contributed by atoms with van der Waals surface area (Å²) in [5, 5.41) is 3.98. The number of anilines is 1. The molecule has 2 aromatic carbocycles. The average Bonchev–Trinajstić information content (AvgIpc) is 2.81. The van der Waals surface area contributed by atoms with Gasteiger partial charge in [-0.05, 0) is 42.1 Å². The molecule has 0 saturated heterocycles. The Balaban J connectivity index is 2.01. The first kappa shape index (κ1) is 12.9. The van der Waals surface area contributed by atoms with Crippen LogP contribution in [0.5, 0.6) is 0 Å². The van der Waals surface area contributed by atoms with Gasteiger partial charge in [0.05, 0.1) is 0 Å². The Morgan fingerprint density at radius 1 is 1.05 bits per heavy atom. The van der Waals surface area contributed by atoms with Gasteiger partial charge in [-0.15, -0.1) is 11.3 Å². The van der Waals surface area contributed by atoms with E-state index in [0.29, 0.717) is 0 Å². The molecule has 0 saturated carbocycles. The zero-order chi connectivity index (χ0) is 14.1. The average molecular weight is 281 g/mol. The van der Waals surface area contributed by atoms with E-state index in [9.17, 15) is 4.79 Å². The first-order chi connectivity index (χ1) is 9.61. The van der Waals surface area contributed by atoms with E-state index < -0.39 is 0 Å². The lowest BCUT2D eigenvalue weighted by Gasteiger charge is -2.00. The van der Waals surface area contributed by atoms with Crippen LogP contribution >= 0.6 is 11.3 Å².